The van der Waals surface area contributed by atoms with Gasteiger partial charge < -0.3 is 10.7 Å². The van der Waals surface area contributed by atoms with Gasteiger partial charge in [0.05, 0.1) is 6.33 Å². The van der Waals surface area contributed by atoms with E-state index >= 15 is 0 Å². The molecule has 0 spiro atoms. The lowest BCUT2D eigenvalue weighted by molar-refractivity contribution is 0.940. The molecule has 0 aliphatic heterocycles. The van der Waals surface area contributed by atoms with Crippen molar-refractivity contribution < 1.29 is 0 Å². The first-order valence-electron chi connectivity index (χ1n) is 6.39. The Balaban J connectivity index is 2.00. The van der Waals surface area contributed by atoms with Gasteiger partial charge in [0, 0.05) is 4.90 Å². The minimum Gasteiger partial charge on any atom is -0.341 e. The molecule has 3 rings (SSSR count). The summed E-state index contributed by atoms with van der Waals surface area (Å²) in [7, 11) is 0. The predicted molar refractivity (Wildman–Crippen MR) is 79.7 cm³/mol. The van der Waals surface area contributed by atoms with Crippen molar-refractivity contribution in [2.24, 2.45) is 5.73 Å². The number of H-pyrrole nitrogens is 1. The average Bonchev–Trinajstić information content (AvgIpc) is 2.91. The van der Waals surface area contributed by atoms with Crippen LogP contribution in [0.25, 0.3) is 11.2 Å². The van der Waals surface area contributed by atoms with Crippen LogP contribution >= 0.6 is 11.8 Å². The molecule has 0 radical (unpaired) electrons. The number of benzene rings is 1. The first kappa shape index (κ1) is 13.1. The van der Waals surface area contributed by atoms with Crippen molar-refractivity contribution in [2.45, 2.75) is 23.3 Å². The minimum atomic E-state index is 0.639. The summed E-state index contributed by atoms with van der Waals surface area (Å²) in [6.07, 6.45) is 4.04. The van der Waals surface area contributed by atoms with Crippen LogP contribution in [0, 0.1) is 6.92 Å². The highest BCUT2D eigenvalue weighted by molar-refractivity contribution is 7.99. The molecule has 0 bridgehead atoms. The summed E-state index contributed by atoms with van der Waals surface area (Å²) in [5.41, 5.74) is 9.75. The lowest BCUT2D eigenvalue weighted by Crippen LogP contribution is -2.04. The van der Waals surface area contributed by atoms with Crippen molar-refractivity contribution in [3.63, 3.8) is 0 Å². The molecule has 2 aromatic heterocycles. The van der Waals surface area contributed by atoms with Crippen molar-refractivity contribution in [1.82, 2.24) is 19.9 Å². The molecule has 20 heavy (non-hydrogen) atoms. The summed E-state index contributed by atoms with van der Waals surface area (Å²) in [6.45, 7) is 2.73. The van der Waals surface area contributed by atoms with Crippen LogP contribution in [0.4, 0.5) is 0 Å². The topological polar surface area (TPSA) is 80.5 Å². The maximum Gasteiger partial charge on any atom is 0.181 e. The van der Waals surface area contributed by atoms with Gasteiger partial charge in [-0.15, -0.1) is 0 Å². The van der Waals surface area contributed by atoms with Gasteiger partial charge in [-0.05, 0) is 31.5 Å². The summed E-state index contributed by atoms with van der Waals surface area (Å²) in [5, 5.41) is 0.884. The van der Waals surface area contributed by atoms with E-state index in [-0.39, 0.29) is 0 Å². The molecule has 3 aromatic rings. The molecule has 0 unspecified atom stereocenters. The third-order valence-corrected chi connectivity index (χ3v) is 4.15. The molecule has 0 atom stereocenters. The highest BCUT2D eigenvalue weighted by Crippen LogP contribution is 2.32. The number of nitrogens with zero attached hydrogens (tertiary/aromatic N) is 3. The maximum absolute atomic E-state index is 5.70. The maximum atomic E-state index is 5.70. The smallest absolute Gasteiger partial charge is 0.181 e. The fourth-order valence-electron chi connectivity index (χ4n) is 2.08. The Kier molecular flexibility index (Phi) is 3.66. The molecule has 2 heterocycles. The minimum absolute atomic E-state index is 0.639. The third-order valence-electron chi connectivity index (χ3n) is 3.02. The summed E-state index contributed by atoms with van der Waals surface area (Å²) in [5.74, 6) is 0. The van der Waals surface area contributed by atoms with Crippen molar-refractivity contribution in [2.75, 3.05) is 6.54 Å². The van der Waals surface area contributed by atoms with Crippen molar-refractivity contribution in [1.29, 1.82) is 0 Å². The molecule has 0 saturated carbocycles. The summed E-state index contributed by atoms with van der Waals surface area (Å²) >= 11 is 1.62. The molecular weight excluding hydrogens is 270 g/mol. The van der Waals surface area contributed by atoms with E-state index in [4.69, 9.17) is 5.73 Å². The van der Waals surface area contributed by atoms with E-state index < -0.39 is 0 Å². The zero-order chi connectivity index (χ0) is 13.9. The average molecular weight is 285 g/mol. The van der Waals surface area contributed by atoms with Gasteiger partial charge in [0.25, 0.3) is 0 Å². The van der Waals surface area contributed by atoms with E-state index in [1.807, 2.05) is 0 Å². The van der Waals surface area contributed by atoms with Gasteiger partial charge in [0.15, 0.2) is 5.65 Å². The zero-order valence-electron chi connectivity index (χ0n) is 11.1. The number of rotatable bonds is 4. The molecule has 1 aromatic carbocycles. The molecule has 0 aliphatic rings. The summed E-state index contributed by atoms with van der Waals surface area (Å²) in [4.78, 5) is 16.9. The van der Waals surface area contributed by atoms with Crippen molar-refractivity contribution >= 4 is 22.9 Å². The number of aromatic nitrogens is 4. The van der Waals surface area contributed by atoms with Crippen LogP contribution < -0.4 is 5.73 Å². The number of aromatic amines is 1. The first-order chi connectivity index (χ1) is 9.78. The predicted octanol–water partition coefficient (Wildman–Crippen LogP) is 2.31. The second-order valence-electron chi connectivity index (χ2n) is 4.53. The van der Waals surface area contributed by atoms with Crippen LogP contribution in [0.5, 0.6) is 0 Å². The summed E-state index contributed by atoms with van der Waals surface area (Å²) < 4.78 is 0. The van der Waals surface area contributed by atoms with E-state index in [0.29, 0.717) is 12.2 Å². The standard InChI is InChI=1S/C14H15N5S/c1-9-2-3-11(10(6-9)4-5-15)20-14-12-13(17-7-16-12)18-8-19-14/h2-3,6-8H,4-5,15H2,1H3,(H,16,17,18,19). The molecule has 3 N–H and O–H groups in total. The Morgan fingerprint density at radius 2 is 2.15 bits per heavy atom. The van der Waals surface area contributed by atoms with Gasteiger partial charge in [-0.1, -0.05) is 29.5 Å². The molecule has 0 aliphatic carbocycles. The van der Waals surface area contributed by atoms with Crippen molar-refractivity contribution in [3.8, 4) is 0 Å². The fraction of sp³-hybridized carbons (Fsp3) is 0.214. The van der Waals surface area contributed by atoms with Crippen LogP contribution in [-0.4, -0.2) is 26.5 Å². The molecule has 5 nitrogen and oxygen atoms in total. The summed E-state index contributed by atoms with van der Waals surface area (Å²) in [6, 6.07) is 6.41. The van der Waals surface area contributed by atoms with E-state index in [0.717, 1.165) is 17.0 Å². The first-order valence-corrected chi connectivity index (χ1v) is 7.21. The van der Waals surface area contributed by atoms with Gasteiger partial charge in [-0.3, -0.25) is 0 Å². The van der Waals surface area contributed by atoms with Crippen LogP contribution in [-0.2, 0) is 6.42 Å². The number of hydrogen-bond acceptors (Lipinski definition) is 5. The van der Waals surface area contributed by atoms with Gasteiger partial charge >= 0.3 is 0 Å². The monoisotopic (exact) mass is 285 g/mol. The third kappa shape index (κ3) is 2.52. The Hall–Kier alpha value is -1.92. The number of hydrogen-bond donors (Lipinski definition) is 2. The zero-order valence-corrected chi connectivity index (χ0v) is 11.9. The SMILES string of the molecule is Cc1ccc(Sc2ncnc3nc[nH]c23)c(CCN)c1. The van der Waals surface area contributed by atoms with Crippen LogP contribution in [0.3, 0.4) is 0 Å². The fourth-order valence-corrected chi connectivity index (χ4v) is 3.07. The Bertz CT molecular complexity index is 737. The Morgan fingerprint density at radius 1 is 1.25 bits per heavy atom. The van der Waals surface area contributed by atoms with E-state index in [1.165, 1.54) is 16.0 Å². The van der Waals surface area contributed by atoms with Crippen molar-refractivity contribution in [3.05, 3.63) is 42.0 Å². The number of nitrogens with two attached hydrogens (primary N) is 1. The van der Waals surface area contributed by atoms with E-state index in [9.17, 15) is 0 Å². The largest absolute Gasteiger partial charge is 0.341 e. The molecule has 0 amide bonds. The van der Waals surface area contributed by atoms with Crippen LogP contribution in [0.1, 0.15) is 11.1 Å². The highest BCUT2D eigenvalue weighted by atomic mass is 32.2. The number of nitrogens with one attached hydrogen (secondary N) is 1. The van der Waals surface area contributed by atoms with Gasteiger partial charge in [-0.25, -0.2) is 15.0 Å². The number of imidazole rings is 1. The normalized spacial score (nSPS) is 11.1. The second-order valence-corrected chi connectivity index (χ2v) is 5.56. The molecular formula is C14H15N5S. The highest BCUT2D eigenvalue weighted by Gasteiger charge is 2.10. The Morgan fingerprint density at radius 3 is 3.00 bits per heavy atom. The second kappa shape index (κ2) is 5.60. The number of aryl methyl sites for hydroxylation is 1. The Labute approximate surface area is 121 Å². The lowest BCUT2D eigenvalue weighted by atomic mass is 10.1. The van der Waals surface area contributed by atoms with Crippen LogP contribution in [0.2, 0.25) is 0 Å². The lowest BCUT2D eigenvalue weighted by Gasteiger charge is -2.09. The molecule has 0 fully saturated rings. The van der Waals surface area contributed by atoms with Gasteiger partial charge in [0.1, 0.15) is 16.9 Å². The van der Waals surface area contributed by atoms with Gasteiger partial charge in [0.2, 0.25) is 0 Å². The quantitative estimate of drug-likeness (QED) is 0.719. The molecule has 0 saturated heterocycles. The van der Waals surface area contributed by atoms with Gasteiger partial charge in [-0.2, -0.15) is 0 Å². The van der Waals surface area contributed by atoms with Crippen LogP contribution in [0.15, 0.2) is 40.8 Å². The molecule has 6 heteroatoms. The van der Waals surface area contributed by atoms with E-state index in [2.05, 4.69) is 45.1 Å². The van der Waals surface area contributed by atoms with E-state index in [1.54, 1.807) is 24.4 Å². The molecule has 102 valence electrons. The number of fused-ring (bicyclic) bond motifs is 1.